The fourth-order valence-electron chi connectivity index (χ4n) is 2.10. The fourth-order valence-corrected chi connectivity index (χ4v) is 2.10. The lowest BCUT2D eigenvalue weighted by atomic mass is 10.1. The zero-order valence-electron chi connectivity index (χ0n) is 12.6. The number of rotatable bonds is 5. The first-order valence-electron chi connectivity index (χ1n) is 6.96. The Morgan fingerprint density at radius 3 is 2.62 bits per heavy atom. The van der Waals surface area contributed by atoms with Gasteiger partial charge in [0.25, 0.3) is 5.91 Å². The highest BCUT2D eigenvalue weighted by molar-refractivity contribution is 6.05. The summed E-state index contributed by atoms with van der Waals surface area (Å²) in [5, 5.41) is 5.95. The number of benzene rings is 2. The van der Waals surface area contributed by atoms with Crippen molar-refractivity contribution < 1.29 is 9.53 Å². The van der Waals surface area contributed by atoms with E-state index >= 15 is 0 Å². The molecule has 0 aromatic heterocycles. The molecule has 0 aliphatic rings. The highest BCUT2D eigenvalue weighted by Crippen LogP contribution is 2.20. The van der Waals surface area contributed by atoms with Gasteiger partial charge in [-0.1, -0.05) is 6.07 Å². The Morgan fingerprint density at radius 1 is 1.14 bits per heavy atom. The molecule has 0 heterocycles. The minimum absolute atomic E-state index is 0.121. The lowest BCUT2D eigenvalue weighted by Crippen LogP contribution is -2.13. The Bertz CT molecular complexity index is 638. The van der Waals surface area contributed by atoms with Gasteiger partial charge >= 0.3 is 0 Å². The quantitative estimate of drug-likeness (QED) is 0.880. The molecule has 2 aromatic rings. The molecule has 2 aromatic carbocycles. The molecule has 1 amide bonds. The molecule has 0 radical (unpaired) electrons. The number of amides is 1. The van der Waals surface area contributed by atoms with Crippen molar-refractivity contribution in [3.63, 3.8) is 0 Å². The summed E-state index contributed by atoms with van der Waals surface area (Å²) in [4.78, 5) is 12.3. The number of carbonyl (C=O) groups excluding carboxylic acids is 1. The van der Waals surface area contributed by atoms with Crippen molar-refractivity contribution in [3.8, 4) is 5.75 Å². The molecule has 4 nitrogen and oxygen atoms in total. The standard InChI is InChI=1S/C17H20N2O2/c1-4-21-15-7-5-6-14(11-15)19-17(20)16-9-8-13(18-3)10-12(16)2/h5-11,18H,4H2,1-3H3,(H,19,20). The number of hydrogen-bond donors (Lipinski definition) is 2. The van der Waals surface area contributed by atoms with Crippen LogP contribution in [0, 0.1) is 6.92 Å². The van der Waals surface area contributed by atoms with E-state index in [2.05, 4.69) is 10.6 Å². The molecular weight excluding hydrogens is 264 g/mol. The molecule has 0 saturated heterocycles. The van der Waals surface area contributed by atoms with Crippen molar-refractivity contribution in [3.05, 3.63) is 53.6 Å². The molecule has 4 heteroatoms. The maximum absolute atomic E-state index is 12.3. The van der Waals surface area contributed by atoms with Gasteiger partial charge in [0.2, 0.25) is 0 Å². The van der Waals surface area contributed by atoms with Crippen LogP contribution in [0.4, 0.5) is 11.4 Å². The third-order valence-electron chi connectivity index (χ3n) is 3.16. The number of nitrogens with one attached hydrogen (secondary N) is 2. The molecule has 0 unspecified atom stereocenters. The zero-order chi connectivity index (χ0) is 15.2. The fraction of sp³-hybridized carbons (Fsp3) is 0.235. The van der Waals surface area contributed by atoms with Gasteiger partial charge in [-0.2, -0.15) is 0 Å². The highest BCUT2D eigenvalue weighted by Gasteiger charge is 2.10. The maximum Gasteiger partial charge on any atom is 0.255 e. The van der Waals surface area contributed by atoms with E-state index in [-0.39, 0.29) is 5.91 Å². The Balaban J connectivity index is 2.16. The number of carbonyl (C=O) groups is 1. The van der Waals surface area contributed by atoms with Gasteiger partial charge in [-0.15, -0.1) is 0 Å². The monoisotopic (exact) mass is 284 g/mol. The van der Waals surface area contributed by atoms with Crippen LogP contribution < -0.4 is 15.4 Å². The van der Waals surface area contributed by atoms with E-state index in [4.69, 9.17) is 4.74 Å². The molecule has 0 saturated carbocycles. The lowest BCUT2D eigenvalue weighted by Gasteiger charge is -2.10. The Hall–Kier alpha value is -2.49. The topological polar surface area (TPSA) is 50.4 Å². The Kier molecular flexibility index (Phi) is 4.82. The largest absolute Gasteiger partial charge is 0.494 e. The minimum Gasteiger partial charge on any atom is -0.494 e. The molecule has 0 atom stereocenters. The van der Waals surface area contributed by atoms with E-state index in [9.17, 15) is 4.79 Å². The smallest absolute Gasteiger partial charge is 0.255 e. The van der Waals surface area contributed by atoms with Gasteiger partial charge < -0.3 is 15.4 Å². The van der Waals surface area contributed by atoms with Crippen LogP contribution in [-0.2, 0) is 0 Å². The van der Waals surface area contributed by atoms with Gasteiger partial charge in [0.05, 0.1) is 6.61 Å². The first-order valence-corrected chi connectivity index (χ1v) is 6.96. The van der Waals surface area contributed by atoms with Crippen LogP contribution in [0.3, 0.4) is 0 Å². The van der Waals surface area contributed by atoms with Crippen molar-refractivity contribution >= 4 is 17.3 Å². The summed E-state index contributed by atoms with van der Waals surface area (Å²) in [5.41, 5.74) is 3.31. The van der Waals surface area contributed by atoms with Crippen LogP contribution in [0.25, 0.3) is 0 Å². The third kappa shape index (κ3) is 3.75. The Labute approximate surface area is 125 Å². The molecule has 0 spiro atoms. The van der Waals surface area contributed by atoms with Crippen LogP contribution in [-0.4, -0.2) is 19.6 Å². The summed E-state index contributed by atoms with van der Waals surface area (Å²) in [7, 11) is 1.85. The van der Waals surface area contributed by atoms with Crippen LogP contribution in [0.15, 0.2) is 42.5 Å². The van der Waals surface area contributed by atoms with Crippen molar-refractivity contribution in [2.75, 3.05) is 24.3 Å². The van der Waals surface area contributed by atoms with Gasteiger partial charge in [-0.25, -0.2) is 0 Å². The van der Waals surface area contributed by atoms with Gasteiger partial charge in [0.1, 0.15) is 5.75 Å². The molecular formula is C17H20N2O2. The molecule has 0 aliphatic heterocycles. The van der Waals surface area contributed by atoms with Gasteiger partial charge in [0.15, 0.2) is 0 Å². The summed E-state index contributed by atoms with van der Waals surface area (Å²) in [5.74, 6) is 0.626. The number of ether oxygens (including phenoxy) is 1. The van der Waals surface area contributed by atoms with E-state index in [0.29, 0.717) is 12.2 Å². The molecule has 21 heavy (non-hydrogen) atoms. The molecule has 2 N–H and O–H groups in total. The minimum atomic E-state index is -0.121. The summed E-state index contributed by atoms with van der Waals surface area (Å²) < 4.78 is 5.43. The van der Waals surface area contributed by atoms with E-state index in [0.717, 1.165) is 22.7 Å². The van der Waals surface area contributed by atoms with Gasteiger partial charge in [-0.05, 0) is 49.7 Å². The predicted octanol–water partition coefficient (Wildman–Crippen LogP) is 3.69. The third-order valence-corrected chi connectivity index (χ3v) is 3.16. The zero-order valence-corrected chi connectivity index (χ0v) is 12.6. The number of anilines is 2. The predicted molar refractivity (Wildman–Crippen MR) is 86.3 cm³/mol. The number of aryl methyl sites for hydroxylation is 1. The Morgan fingerprint density at radius 2 is 1.95 bits per heavy atom. The first kappa shape index (κ1) is 14.9. The second kappa shape index (κ2) is 6.79. The van der Waals surface area contributed by atoms with E-state index in [1.807, 2.05) is 63.4 Å². The van der Waals surface area contributed by atoms with Crippen LogP contribution in [0.1, 0.15) is 22.8 Å². The molecule has 2 rings (SSSR count). The van der Waals surface area contributed by atoms with Crippen LogP contribution >= 0.6 is 0 Å². The second-order valence-corrected chi connectivity index (χ2v) is 4.69. The van der Waals surface area contributed by atoms with Crippen LogP contribution in [0.2, 0.25) is 0 Å². The normalized spacial score (nSPS) is 10.0. The maximum atomic E-state index is 12.3. The average Bonchev–Trinajstić information content (AvgIpc) is 2.47. The van der Waals surface area contributed by atoms with Crippen molar-refractivity contribution in [2.45, 2.75) is 13.8 Å². The van der Waals surface area contributed by atoms with E-state index in [1.165, 1.54) is 0 Å². The second-order valence-electron chi connectivity index (χ2n) is 4.69. The number of hydrogen-bond acceptors (Lipinski definition) is 3. The molecule has 0 bridgehead atoms. The average molecular weight is 284 g/mol. The summed E-state index contributed by atoms with van der Waals surface area (Å²) in [6.45, 7) is 4.45. The van der Waals surface area contributed by atoms with Gasteiger partial charge in [0, 0.05) is 30.1 Å². The summed E-state index contributed by atoms with van der Waals surface area (Å²) in [6.07, 6.45) is 0. The molecule has 0 aliphatic carbocycles. The summed E-state index contributed by atoms with van der Waals surface area (Å²) >= 11 is 0. The highest BCUT2D eigenvalue weighted by atomic mass is 16.5. The lowest BCUT2D eigenvalue weighted by molar-refractivity contribution is 0.102. The van der Waals surface area contributed by atoms with Crippen molar-refractivity contribution in [2.24, 2.45) is 0 Å². The first-order chi connectivity index (χ1) is 10.1. The molecule has 110 valence electrons. The SMILES string of the molecule is CCOc1cccc(NC(=O)c2ccc(NC)cc2C)c1. The van der Waals surface area contributed by atoms with Crippen LogP contribution in [0.5, 0.6) is 5.75 Å². The molecule has 0 fully saturated rings. The van der Waals surface area contributed by atoms with Crippen molar-refractivity contribution in [1.82, 2.24) is 0 Å². The van der Waals surface area contributed by atoms with E-state index in [1.54, 1.807) is 0 Å². The van der Waals surface area contributed by atoms with Gasteiger partial charge in [-0.3, -0.25) is 4.79 Å². The van der Waals surface area contributed by atoms with E-state index < -0.39 is 0 Å². The van der Waals surface area contributed by atoms with Crippen molar-refractivity contribution in [1.29, 1.82) is 0 Å². The summed E-state index contributed by atoms with van der Waals surface area (Å²) in [6, 6.07) is 13.0.